The minimum Gasteiger partial charge on any atom is -0.550 e. The van der Waals surface area contributed by atoms with Gasteiger partial charge in [-0.15, -0.1) is 0 Å². The van der Waals surface area contributed by atoms with E-state index in [0.717, 1.165) is 13.8 Å². The molecular weight excluding hydrogens is 315 g/mol. The molecule has 0 bridgehead atoms. The van der Waals surface area contributed by atoms with Gasteiger partial charge in [-0.25, -0.2) is 0 Å². The molecule has 0 aliphatic carbocycles. The monoisotopic (exact) mass is 330 g/mol. The molecule has 5 heteroatoms. The van der Waals surface area contributed by atoms with E-state index >= 15 is 0 Å². The van der Waals surface area contributed by atoms with Crippen LogP contribution in [0.4, 0.5) is 0 Å². The van der Waals surface area contributed by atoms with Crippen molar-refractivity contribution in [3.8, 4) is 0 Å². The maximum atomic E-state index is 8.89. The molecule has 0 N–H and O–H groups in total. The molecule has 0 radical (unpaired) electrons. The van der Waals surface area contributed by atoms with Crippen LogP contribution < -0.4 is 10.2 Å². The van der Waals surface area contributed by atoms with Crippen LogP contribution in [-0.2, 0) is 30.0 Å². The van der Waals surface area contributed by atoms with Gasteiger partial charge in [-0.3, -0.25) is 0 Å². The van der Waals surface area contributed by atoms with Crippen molar-refractivity contribution in [1.82, 2.24) is 0 Å². The van der Waals surface area contributed by atoms with Crippen LogP contribution in [0.2, 0.25) is 0 Å². The Balaban J connectivity index is -0.000000189. The molecule has 0 unspecified atom stereocenters. The van der Waals surface area contributed by atoms with Gasteiger partial charge in [-0.1, -0.05) is 24.3 Å². The standard InChI is InChI=1S/C8H10.2C2H4O2.Pd/c1-7-5-3-4-6-8(7)2;2*1-2(3)4;/h3-6H,1-2H3;2*1H3,(H,3,4);/q;;;+2/p-2. The van der Waals surface area contributed by atoms with E-state index in [1.807, 2.05) is 0 Å². The van der Waals surface area contributed by atoms with Gasteiger partial charge in [-0.2, -0.15) is 0 Å². The Bertz CT molecular complexity index is 296. The molecule has 0 heterocycles. The van der Waals surface area contributed by atoms with Crippen molar-refractivity contribution in [2.45, 2.75) is 27.7 Å². The zero-order valence-electron chi connectivity index (χ0n) is 10.3. The number of carboxylic acid groups (broad SMARTS) is 2. The average Bonchev–Trinajstić information content (AvgIpc) is 2.08. The van der Waals surface area contributed by atoms with Gasteiger partial charge in [0.25, 0.3) is 0 Å². The van der Waals surface area contributed by atoms with Crippen LogP contribution in [0.1, 0.15) is 25.0 Å². The SMILES string of the molecule is CC(=O)[O-].CC(=O)[O-].Cc1ccccc1C.[Pd+2]. The van der Waals surface area contributed by atoms with Crippen molar-refractivity contribution in [3.63, 3.8) is 0 Å². The third kappa shape index (κ3) is 25.3. The van der Waals surface area contributed by atoms with Crippen LogP contribution in [0.3, 0.4) is 0 Å². The summed E-state index contributed by atoms with van der Waals surface area (Å²) >= 11 is 0. The molecular formula is C12H16O4Pd. The second-order valence-electron chi connectivity index (χ2n) is 3.07. The minimum absolute atomic E-state index is 0. The number of rotatable bonds is 0. The summed E-state index contributed by atoms with van der Waals surface area (Å²) in [6.45, 7) is 6.19. The number of hydrogen-bond acceptors (Lipinski definition) is 4. The number of carbonyl (C=O) groups is 2. The van der Waals surface area contributed by atoms with E-state index in [9.17, 15) is 0 Å². The fraction of sp³-hybridized carbons (Fsp3) is 0.333. The molecule has 0 atom stereocenters. The Hall–Kier alpha value is -1.18. The van der Waals surface area contributed by atoms with Crippen LogP contribution >= 0.6 is 0 Å². The predicted molar refractivity (Wildman–Crippen MR) is 57.3 cm³/mol. The number of aliphatic carboxylic acids is 2. The molecule has 1 aromatic carbocycles. The third-order valence-electron chi connectivity index (χ3n) is 1.43. The molecule has 1 aromatic rings. The van der Waals surface area contributed by atoms with Crippen molar-refractivity contribution in [2.75, 3.05) is 0 Å². The van der Waals surface area contributed by atoms with E-state index in [-0.39, 0.29) is 20.4 Å². The van der Waals surface area contributed by atoms with E-state index in [1.54, 1.807) is 0 Å². The molecule has 0 aliphatic rings. The number of carboxylic acids is 2. The van der Waals surface area contributed by atoms with Gasteiger partial charge < -0.3 is 19.8 Å². The van der Waals surface area contributed by atoms with E-state index in [2.05, 4.69) is 38.1 Å². The first-order valence-corrected chi connectivity index (χ1v) is 4.64. The van der Waals surface area contributed by atoms with Crippen LogP contribution in [0.5, 0.6) is 0 Å². The van der Waals surface area contributed by atoms with Crippen molar-refractivity contribution < 1.29 is 40.2 Å². The molecule has 17 heavy (non-hydrogen) atoms. The molecule has 0 saturated heterocycles. The number of benzene rings is 1. The normalized spacial score (nSPS) is 7.29. The second-order valence-corrected chi connectivity index (χ2v) is 3.07. The second kappa shape index (κ2) is 12.9. The Kier molecular flexibility index (Phi) is 16.0. The Morgan fingerprint density at radius 2 is 1.06 bits per heavy atom. The van der Waals surface area contributed by atoms with Gasteiger partial charge in [0.1, 0.15) is 0 Å². The van der Waals surface area contributed by atoms with Crippen LogP contribution in [-0.4, -0.2) is 11.9 Å². The van der Waals surface area contributed by atoms with Gasteiger partial charge in [0.05, 0.1) is 0 Å². The molecule has 4 nitrogen and oxygen atoms in total. The van der Waals surface area contributed by atoms with Gasteiger partial charge in [-0.05, 0) is 38.8 Å². The first kappa shape index (κ1) is 21.1. The topological polar surface area (TPSA) is 80.3 Å². The molecule has 0 aliphatic heterocycles. The first-order valence-electron chi connectivity index (χ1n) is 4.64. The van der Waals surface area contributed by atoms with Crippen LogP contribution in [0.25, 0.3) is 0 Å². The summed E-state index contributed by atoms with van der Waals surface area (Å²) in [5.74, 6) is -2.17. The number of carbonyl (C=O) groups excluding carboxylic acids is 2. The zero-order valence-corrected chi connectivity index (χ0v) is 11.8. The molecule has 0 spiro atoms. The maximum absolute atomic E-state index is 8.89. The summed E-state index contributed by atoms with van der Waals surface area (Å²) < 4.78 is 0. The molecule has 1 rings (SSSR count). The minimum atomic E-state index is -1.08. The fourth-order valence-electron chi connectivity index (χ4n) is 0.663. The summed E-state index contributed by atoms with van der Waals surface area (Å²) in [7, 11) is 0. The summed E-state index contributed by atoms with van der Waals surface area (Å²) in [6.07, 6.45) is 0. The molecule has 0 saturated carbocycles. The van der Waals surface area contributed by atoms with Crippen LogP contribution in [0, 0.1) is 13.8 Å². The van der Waals surface area contributed by atoms with Gasteiger partial charge in [0.15, 0.2) is 0 Å². The van der Waals surface area contributed by atoms with E-state index < -0.39 is 11.9 Å². The zero-order chi connectivity index (χ0) is 13.1. The van der Waals surface area contributed by atoms with Gasteiger partial charge in [0.2, 0.25) is 0 Å². The average molecular weight is 331 g/mol. The number of hydrogen-bond donors (Lipinski definition) is 0. The summed E-state index contributed by atoms with van der Waals surface area (Å²) in [4.78, 5) is 17.8. The van der Waals surface area contributed by atoms with E-state index in [1.165, 1.54) is 11.1 Å². The van der Waals surface area contributed by atoms with Crippen molar-refractivity contribution >= 4 is 11.9 Å². The van der Waals surface area contributed by atoms with Crippen molar-refractivity contribution in [1.29, 1.82) is 0 Å². The Morgan fingerprint density at radius 1 is 0.882 bits per heavy atom. The summed E-state index contributed by atoms with van der Waals surface area (Å²) in [6, 6.07) is 8.36. The van der Waals surface area contributed by atoms with Crippen LogP contribution in [0.15, 0.2) is 24.3 Å². The third-order valence-corrected chi connectivity index (χ3v) is 1.43. The molecule has 98 valence electrons. The Morgan fingerprint density at radius 3 is 1.18 bits per heavy atom. The smallest absolute Gasteiger partial charge is 0.550 e. The summed E-state index contributed by atoms with van der Waals surface area (Å²) in [5, 5.41) is 17.8. The van der Waals surface area contributed by atoms with Crippen molar-refractivity contribution in [2.24, 2.45) is 0 Å². The van der Waals surface area contributed by atoms with Gasteiger partial charge >= 0.3 is 20.4 Å². The summed E-state index contributed by atoms with van der Waals surface area (Å²) in [5.41, 5.74) is 2.74. The van der Waals surface area contributed by atoms with E-state index in [0.29, 0.717) is 0 Å². The predicted octanol–water partition coefficient (Wildman–Crippen LogP) is -0.187. The fourth-order valence-corrected chi connectivity index (χ4v) is 0.663. The molecule has 0 aromatic heterocycles. The molecule has 0 fully saturated rings. The van der Waals surface area contributed by atoms with E-state index in [4.69, 9.17) is 19.8 Å². The van der Waals surface area contributed by atoms with Gasteiger partial charge in [0, 0.05) is 11.9 Å². The number of aryl methyl sites for hydroxylation is 2. The maximum Gasteiger partial charge on any atom is 2.00 e. The molecule has 0 amide bonds. The Labute approximate surface area is 115 Å². The van der Waals surface area contributed by atoms with Crippen molar-refractivity contribution in [3.05, 3.63) is 35.4 Å². The first-order chi connectivity index (χ1) is 7.27. The largest absolute Gasteiger partial charge is 2.00 e. The quantitative estimate of drug-likeness (QED) is 0.618.